The van der Waals surface area contributed by atoms with Gasteiger partial charge in [0, 0.05) is 38.4 Å². The number of nitrogens with zero attached hydrogens (tertiary/aromatic N) is 3. The van der Waals surface area contributed by atoms with E-state index in [-0.39, 0.29) is 0 Å². The van der Waals surface area contributed by atoms with E-state index in [2.05, 4.69) is 185 Å². The third-order valence-corrected chi connectivity index (χ3v) is 9.69. The number of para-hydroxylation sites is 2. The Morgan fingerprint density at radius 3 is 1.60 bits per heavy atom. The topological polar surface area (TPSA) is 22.2 Å². The predicted molar refractivity (Wildman–Crippen MR) is 201 cm³/mol. The molecule has 0 aliphatic rings. The second kappa shape index (κ2) is 10.5. The standard InChI is InChI=1S/C45H29N3/c1-4-14-30(15-5-1)31-24-26-32(27-25-31)43-44-37-22-11-10-20-35(37)38-28-41-39(29-42(38)48(44)45(46-43)33-16-6-2-7-17-33)36-21-12-13-23-40(36)47(41)34-18-8-3-9-19-34/h1-29H. The van der Waals surface area contributed by atoms with E-state index in [4.69, 9.17) is 4.98 Å². The second-order valence-electron chi connectivity index (χ2n) is 12.4. The van der Waals surface area contributed by atoms with Crippen LogP contribution < -0.4 is 0 Å². The Morgan fingerprint density at radius 2 is 0.875 bits per heavy atom. The summed E-state index contributed by atoms with van der Waals surface area (Å²) in [5, 5.41) is 6.06. The summed E-state index contributed by atoms with van der Waals surface area (Å²) in [5.41, 5.74) is 11.4. The molecule has 3 nitrogen and oxygen atoms in total. The van der Waals surface area contributed by atoms with Crippen molar-refractivity contribution in [3.8, 4) is 39.5 Å². The monoisotopic (exact) mass is 611 g/mol. The molecule has 7 aromatic carbocycles. The summed E-state index contributed by atoms with van der Waals surface area (Å²) in [6.45, 7) is 0. The Kier molecular flexibility index (Phi) is 5.87. The molecule has 224 valence electrons. The number of fused-ring (bicyclic) bond motifs is 9. The lowest BCUT2D eigenvalue weighted by Gasteiger charge is -2.13. The lowest BCUT2D eigenvalue weighted by atomic mass is 9.99. The van der Waals surface area contributed by atoms with Gasteiger partial charge in [0.15, 0.2) is 0 Å². The zero-order valence-electron chi connectivity index (χ0n) is 26.1. The minimum absolute atomic E-state index is 0.939. The molecule has 0 unspecified atom stereocenters. The molecule has 0 aliphatic heterocycles. The summed E-state index contributed by atoms with van der Waals surface area (Å²) in [4.78, 5) is 5.49. The van der Waals surface area contributed by atoms with Gasteiger partial charge in [0.25, 0.3) is 0 Å². The Hall–Kier alpha value is -6.45. The van der Waals surface area contributed by atoms with E-state index in [1.807, 2.05) is 0 Å². The van der Waals surface area contributed by atoms with Gasteiger partial charge in [-0.1, -0.05) is 146 Å². The molecule has 0 aliphatic carbocycles. The van der Waals surface area contributed by atoms with Gasteiger partial charge in [0.1, 0.15) is 5.82 Å². The van der Waals surface area contributed by atoms with Crippen molar-refractivity contribution in [3.05, 3.63) is 176 Å². The van der Waals surface area contributed by atoms with Crippen LogP contribution in [0.3, 0.4) is 0 Å². The lowest BCUT2D eigenvalue weighted by Crippen LogP contribution is -1.96. The highest BCUT2D eigenvalue weighted by Crippen LogP contribution is 2.42. The maximum atomic E-state index is 5.49. The van der Waals surface area contributed by atoms with E-state index >= 15 is 0 Å². The van der Waals surface area contributed by atoms with Crippen molar-refractivity contribution >= 4 is 49.0 Å². The van der Waals surface area contributed by atoms with E-state index in [0.717, 1.165) is 39.4 Å². The predicted octanol–water partition coefficient (Wildman–Crippen LogP) is 11.7. The number of hydrogen-bond acceptors (Lipinski definition) is 1. The molecule has 0 saturated carbocycles. The van der Waals surface area contributed by atoms with Crippen molar-refractivity contribution in [1.29, 1.82) is 0 Å². The maximum Gasteiger partial charge on any atom is 0.145 e. The molecular formula is C45H29N3. The number of pyridine rings is 1. The van der Waals surface area contributed by atoms with Crippen LogP contribution in [0.5, 0.6) is 0 Å². The van der Waals surface area contributed by atoms with Crippen LogP contribution in [0.4, 0.5) is 0 Å². The third kappa shape index (κ3) is 3.98. The van der Waals surface area contributed by atoms with Crippen LogP contribution in [-0.4, -0.2) is 14.0 Å². The number of benzene rings is 7. The normalized spacial score (nSPS) is 11.8. The highest BCUT2D eigenvalue weighted by Gasteiger charge is 2.22. The van der Waals surface area contributed by atoms with Gasteiger partial charge in [-0.3, -0.25) is 4.40 Å². The first kappa shape index (κ1) is 26.7. The van der Waals surface area contributed by atoms with E-state index < -0.39 is 0 Å². The van der Waals surface area contributed by atoms with Crippen molar-refractivity contribution in [2.45, 2.75) is 0 Å². The summed E-state index contributed by atoms with van der Waals surface area (Å²) in [6.07, 6.45) is 0. The number of imidazole rings is 1. The van der Waals surface area contributed by atoms with Crippen LogP contribution >= 0.6 is 0 Å². The lowest BCUT2D eigenvalue weighted by molar-refractivity contribution is 1.18. The molecule has 0 radical (unpaired) electrons. The Labute approximate surface area is 277 Å². The average molecular weight is 612 g/mol. The number of rotatable bonds is 4. The zero-order valence-corrected chi connectivity index (χ0v) is 26.1. The maximum absolute atomic E-state index is 5.49. The van der Waals surface area contributed by atoms with Gasteiger partial charge >= 0.3 is 0 Å². The fraction of sp³-hybridized carbons (Fsp3) is 0. The number of hydrogen-bond donors (Lipinski definition) is 0. The van der Waals surface area contributed by atoms with Gasteiger partial charge in [-0.05, 0) is 46.8 Å². The molecule has 0 amide bonds. The molecule has 3 aromatic heterocycles. The van der Waals surface area contributed by atoms with E-state index in [0.29, 0.717) is 0 Å². The van der Waals surface area contributed by atoms with Crippen LogP contribution in [0.15, 0.2) is 176 Å². The summed E-state index contributed by atoms with van der Waals surface area (Å²) < 4.78 is 4.80. The molecule has 10 aromatic rings. The fourth-order valence-corrected chi connectivity index (χ4v) is 7.52. The van der Waals surface area contributed by atoms with Crippen LogP contribution in [-0.2, 0) is 0 Å². The first-order valence-corrected chi connectivity index (χ1v) is 16.4. The van der Waals surface area contributed by atoms with Crippen LogP contribution in [0, 0.1) is 0 Å². The first-order valence-electron chi connectivity index (χ1n) is 16.4. The summed E-state index contributed by atoms with van der Waals surface area (Å²) in [6, 6.07) is 63.0. The molecule has 10 rings (SSSR count). The smallest absolute Gasteiger partial charge is 0.145 e. The van der Waals surface area contributed by atoms with Gasteiger partial charge in [-0.2, -0.15) is 0 Å². The van der Waals surface area contributed by atoms with Gasteiger partial charge in [-0.25, -0.2) is 4.98 Å². The largest absolute Gasteiger partial charge is 0.309 e. The van der Waals surface area contributed by atoms with Crippen LogP contribution in [0.25, 0.3) is 88.5 Å². The Bertz CT molecular complexity index is 2790. The molecule has 0 spiro atoms. The van der Waals surface area contributed by atoms with E-state index in [1.165, 1.54) is 49.1 Å². The second-order valence-corrected chi connectivity index (χ2v) is 12.4. The van der Waals surface area contributed by atoms with Gasteiger partial charge in [0.2, 0.25) is 0 Å². The van der Waals surface area contributed by atoms with Crippen molar-refractivity contribution < 1.29 is 0 Å². The van der Waals surface area contributed by atoms with Crippen LogP contribution in [0.2, 0.25) is 0 Å². The molecular weight excluding hydrogens is 583 g/mol. The summed E-state index contributed by atoms with van der Waals surface area (Å²) in [5.74, 6) is 0.939. The molecule has 0 saturated heterocycles. The molecule has 0 N–H and O–H groups in total. The van der Waals surface area contributed by atoms with Crippen molar-refractivity contribution in [2.75, 3.05) is 0 Å². The molecule has 48 heavy (non-hydrogen) atoms. The minimum atomic E-state index is 0.939. The van der Waals surface area contributed by atoms with Gasteiger partial charge in [0.05, 0.1) is 27.8 Å². The first-order chi connectivity index (χ1) is 23.8. The minimum Gasteiger partial charge on any atom is -0.309 e. The zero-order chi connectivity index (χ0) is 31.6. The molecule has 0 atom stereocenters. The highest BCUT2D eigenvalue weighted by atomic mass is 15.0. The van der Waals surface area contributed by atoms with Crippen molar-refractivity contribution in [2.24, 2.45) is 0 Å². The Morgan fingerprint density at radius 1 is 0.354 bits per heavy atom. The number of aromatic nitrogens is 3. The highest BCUT2D eigenvalue weighted by molar-refractivity contribution is 6.21. The van der Waals surface area contributed by atoms with Crippen molar-refractivity contribution in [1.82, 2.24) is 14.0 Å². The molecule has 3 heterocycles. The summed E-state index contributed by atoms with van der Waals surface area (Å²) in [7, 11) is 0. The average Bonchev–Trinajstić information content (AvgIpc) is 3.72. The van der Waals surface area contributed by atoms with Gasteiger partial charge < -0.3 is 4.57 Å². The summed E-state index contributed by atoms with van der Waals surface area (Å²) >= 11 is 0. The van der Waals surface area contributed by atoms with E-state index in [1.54, 1.807) is 0 Å². The van der Waals surface area contributed by atoms with Crippen molar-refractivity contribution in [3.63, 3.8) is 0 Å². The fourth-order valence-electron chi connectivity index (χ4n) is 7.52. The Balaban J connectivity index is 1.35. The SMILES string of the molecule is c1ccc(-c2ccc(-c3nc(-c4ccccc4)n4c5cc6c7ccccc7n(-c7ccccc7)c6cc5c5ccccc5c34)cc2)cc1. The molecule has 0 bridgehead atoms. The third-order valence-electron chi connectivity index (χ3n) is 9.69. The van der Waals surface area contributed by atoms with E-state index in [9.17, 15) is 0 Å². The quantitative estimate of drug-likeness (QED) is 0.182. The molecule has 0 fully saturated rings. The van der Waals surface area contributed by atoms with Crippen LogP contribution in [0.1, 0.15) is 0 Å². The van der Waals surface area contributed by atoms with Gasteiger partial charge in [-0.15, -0.1) is 0 Å². The molecule has 3 heteroatoms.